The van der Waals surface area contributed by atoms with Crippen molar-refractivity contribution in [1.82, 2.24) is 29.8 Å². The lowest BCUT2D eigenvalue weighted by Crippen LogP contribution is -2.37. The lowest BCUT2D eigenvalue weighted by Gasteiger charge is -2.26. The van der Waals surface area contributed by atoms with Gasteiger partial charge >= 0.3 is 0 Å². The summed E-state index contributed by atoms with van der Waals surface area (Å²) in [4.78, 5) is 23.4. The Morgan fingerprint density at radius 1 is 1.13 bits per heavy atom. The first-order valence-corrected chi connectivity index (χ1v) is 10.7. The zero-order chi connectivity index (χ0) is 21.2. The van der Waals surface area contributed by atoms with Crippen molar-refractivity contribution < 1.29 is 9.13 Å². The minimum Gasteiger partial charge on any atom is -0.379 e. The van der Waals surface area contributed by atoms with Crippen LogP contribution in [0.4, 0.5) is 4.39 Å². The molecule has 0 amide bonds. The zero-order valence-corrected chi connectivity index (χ0v) is 17.5. The number of ether oxygens (including phenoxy) is 1. The van der Waals surface area contributed by atoms with Crippen LogP contribution in [0.15, 0.2) is 36.9 Å². The summed E-state index contributed by atoms with van der Waals surface area (Å²) in [6, 6.07) is 6.97. The van der Waals surface area contributed by atoms with Gasteiger partial charge in [-0.3, -0.25) is 9.88 Å². The number of H-pyrrole nitrogens is 1. The fraction of sp³-hybridized carbons (Fsp3) is 0.391. The Kier molecular flexibility index (Phi) is 5.57. The molecular weight excluding hydrogens is 395 g/mol. The summed E-state index contributed by atoms with van der Waals surface area (Å²) in [7, 11) is 0. The average molecular weight is 420 g/mol. The van der Waals surface area contributed by atoms with E-state index in [1.54, 1.807) is 18.7 Å². The molecular formula is C23H25FN6O. The molecule has 0 saturated carbocycles. The molecule has 1 fully saturated rings. The van der Waals surface area contributed by atoms with Crippen LogP contribution in [0, 0.1) is 5.82 Å². The molecule has 4 heterocycles. The molecule has 1 N–H and O–H groups in total. The number of benzene rings is 1. The average Bonchev–Trinajstić information content (AvgIpc) is 3.27. The van der Waals surface area contributed by atoms with Crippen LogP contribution in [-0.2, 0) is 17.6 Å². The number of aromatic amines is 1. The fourth-order valence-electron chi connectivity index (χ4n) is 4.22. The SMILES string of the molecule is C[C@H](Cc1ncnc2nc[nH]c12)c1cc2cc(F)ccc2c(CCN2CCOCC2)n1. The van der Waals surface area contributed by atoms with Crippen LogP contribution in [0.25, 0.3) is 21.9 Å². The van der Waals surface area contributed by atoms with Crippen LogP contribution in [-0.4, -0.2) is 62.7 Å². The Morgan fingerprint density at radius 3 is 2.87 bits per heavy atom. The molecule has 160 valence electrons. The normalized spacial score (nSPS) is 16.2. The van der Waals surface area contributed by atoms with Gasteiger partial charge in [-0.15, -0.1) is 0 Å². The summed E-state index contributed by atoms with van der Waals surface area (Å²) >= 11 is 0. The molecule has 31 heavy (non-hydrogen) atoms. The maximum absolute atomic E-state index is 14.0. The summed E-state index contributed by atoms with van der Waals surface area (Å²) in [5, 5.41) is 1.91. The maximum Gasteiger partial charge on any atom is 0.180 e. The Hall–Kier alpha value is -2.97. The van der Waals surface area contributed by atoms with E-state index in [1.165, 1.54) is 6.07 Å². The first-order chi connectivity index (χ1) is 15.2. The predicted molar refractivity (Wildman–Crippen MR) is 116 cm³/mol. The summed E-state index contributed by atoms with van der Waals surface area (Å²) < 4.78 is 19.4. The molecule has 7 nitrogen and oxygen atoms in total. The number of halogens is 1. The maximum atomic E-state index is 14.0. The van der Waals surface area contributed by atoms with Crippen molar-refractivity contribution in [3.63, 3.8) is 0 Å². The van der Waals surface area contributed by atoms with Crippen LogP contribution < -0.4 is 0 Å². The van der Waals surface area contributed by atoms with Crippen molar-refractivity contribution in [2.24, 2.45) is 0 Å². The van der Waals surface area contributed by atoms with Crippen LogP contribution in [0.3, 0.4) is 0 Å². The highest BCUT2D eigenvalue weighted by molar-refractivity contribution is 5.85. The highest BCUT2D eigenvalue weighted by Gasteiger charge is 2.17. The minimum atomic E-state index is -0.230. The van der Waals surface area contributed by atoms with Crippen molar-refractivity contribution in [3.05, 3.63) is 59.8 Å². The van der Waals surface area contributed by atoms with Gasteiger partial charge in [0.25, 0.3) is 0 Å². The van der Waals surface area contributed by atoms with Gasteiger partial charge in [0.05, 0.1) is 25.2 Å². The summed E-state index contributed by atoms with van der Waals surface area (Å²) in [6.07, 6.45) is 4.69. The fourth-order valence-corrected chi connectivity index (χ4v) is 4.22. The minimum absolute atomic E-state index is 0.108. The number of hydrogen-bond acceptors (Lipinski definition) is 6. The van der Waals surface area contributed by atoms with Crippen molar-refractivity contribution in [2.75, 3.05) is 32.8 Å². The smallest absolute Gasteiger partial charge is 0.180 e. The van der Waals surface area contributed by atoms with Gasteiger partial charge in [0.15, 0.2) is 5.65 Å². The number of imidazole rings is 1. The second-order valence-electron chi connectivity index (χ2n) is 8.09. The lowest BCUT2D eigenvalue weighted by molar-refractivity contribution is 0.0384. The Bertz CT molecular complexity index is 1200. The van der Waals surface area contributed by atoms with Gasteiger partial charge in [0.2, 0.25) is 0 Å². The molecule has 0 bridgehead atoms. The van der Waals surface area contributed by atoms with E-state index in [2.05, 4.69) is 31.8 Å². The molecule has 8 heteroatoms. The molecule has 1 atom stereocenters. The van der Waals surface area contributed by atoms with E-state index in [1.807, 2.05) is 12.1 Å². The van der Waals surface area contributed by atoms with Gasteiger partial charge in [-0.25, -0.2) is 19.3 Å². The highest BCUT2D eigenvalue weighted by atomic mass is 19.1. The number of morpholine rings is 1. The quantitative estimate of drug-likeness (QED) is 0.516. The Morgan fingerprint density at radius 2 is 2.00 bits per heavy atom. The third kappa shape index (κ3) is 4.26. The van der Waals surface area contributed by atoms with Gasteiger partial charge < -0.3 is 9.72 Å². The molecule has 0 unspecified atom stereocenters. The van der Waals surface area contributed by atoms with Crippen LogP contribution >= 0.6 is 0 Å². The van der Waals surface area contributed by atoms with Crippen molar-refractivity contribution >= 4 is 21.9 Å². The first-order valence-electron chi connectivity index (χ1n) is 10.7. The third-order valence-corrected chi connectivity index (χ3v) is 5.97. The molecule has 0 radical (unpaired) electrons. The molecule has 1 aromatic carbocycles. The van der Waals surface area contributed by atoms with E-state index in [0.717, 1.165) is 72.6 Å². The summed E-state index contributed by atoms with van der Waals surface area (Å²) in [6.45, 7) is 6.48. The van der Waals surface area contributed by atoms with E-state index < -0.39 is 0 Å². The number of nitrogens with one attached hydrogen (secondary N) is 1. The van der Waals surface area contributed by atoms with Crippen LogP contribution in [0.5, 0.6) is 0 Å². The van der Waals surface area contributed by atoms with Gasteiger partial charge in [-0.1, -0.05) is 6.92 Å². The second-order valence-corrected chi connectivity index (χ2v) is 8.09. The largest absolute Gasteiger partial charge is 0.379 e. The van der Waals surface area contributed by atoms with E-state index in [9.17, 15) is 4.39 Å². The van der Waals surface area contributed by atoms with Gasteiger partial charge in [-0.05, 0) is 29.7 Å². The predicted octanol–water partition coefficient (Wildman–Crippen LogP) is 3.26. The number of nitrogens with zero attached hydrogens (tertiary/aromatic N) is 5. The van der Waals surface area contributed by atoms with Crippen molar-refractivity contribution in [1.29, 1.82) is 0 Å². The van der Waals surface area contributed by atoms with E-state index >= 15 is 0 Å². The van der Waals surface area contributed by atoms with Gasteiger partial charge in [0.1, 0.15) is 17.7 Å². The molecule has 3 aromatic heterocycles. The molecule has 4 aromatic rings. The van der Waals surface area contributed by atoms with Crippen molar-refractivity contribution in [3.8, 4) is 0 Å². The number of pyridine rings is 1. The molecule has 5 rings (SSSR count). The number of hydrogen-bond donors (Lipinski definition) is 1. The standard InChI is InChI=1S/C23H25FN6O/c1-15(10-21-22-23(27-13-25-21)28-14-26-22)20-12-16-11-17(24)2-3-18(16)19(29-20)4-5-30-6-8-31-9-7-30/h2-3,11-15H,4-10H2,1H3,(H,25,26,27,28)/t15-/m1/s1. The molecule has 1 aliphatic heterocycles. The number of fused-ring (bicyclic) bond motifs is 2. The number of aromatic nitrogens is 5. The van der Waals surface area contributed by atoms with E-state index in [4.69, 9.17) is 9.72 Å². The third-order valence-electron chi connectivity index (χ3n) is 5.97. The zero-order valence-electron chi connectivity index (χ0n) is 17.5. The summed E-state index contributed by atoms with van der Waals surface area (Å²) in [5.74, 6) is -0.123. The Balaban J connectivity index is 1.45. The molecule has 1 saturated heterocycles. The van der Waals surface area contributed by atoms with Crippen LogP contribution in [0.1, 0.15) is 29.9 Å². The van der Waals surface area contributed by atoms with Crippen LogP contribution in [0.2, 0.25) is 0 Å². The van der Waals surface area contributed by atoms with E-state index in [0.29, 0.717) is 12.1 Å². The van der Waals surface area contributed by atoms with E-state index in [-0.39, 0.29) is 11.7 Å². The molecule has 0 spiro atoms. The van der Waals surface area contributed by atoms with Gasteiger partial charge in [-0.2, -0.15) is 0 Å². The topological polar surface area (TPSA) is 79.8 Å². The lowest BCUT2D eigenvalue weighted by atomic mass is 9.97. The first kappa shape index (κ1) is 20.0. The summed E-state index contributed by atoms with van der Waals surface area (Å²) in [5.41, 5.74) is 4.39. The molecule has 0 aliphatic carbocycles. The second kappa shape index (κ2) is 8.64. The molecule has 1 aliphatic rings. The Labute approximate surface area is 179 Å². The van der Waals surface area contributed by atoms with Gasteiger partial charge in [0, 0.05) is 55.2 Å². The number of rotatable bonds is 6. The highest BCUT2D eigenvalue weighted by Crippen LogP contribution is 2.27. The monoisotopic (exact) mass is 420 g/mol. The van der Waals surface area contributed by atoms with Crippen molar-refractivity contribution in [2.45, 2.75) is 25.7 Å².